The Morgan fingerprint density at radius 1 is 1.06 bits per heavy atom. The normalized spacial score (nSPS) is 17.0. The molecule has 1 aromatic carbocycles. The minimum Gasteiger partial charge on any atom is -0.493 e. The molecule has 0 atom stereocenters. The molecule has 2 rings (SSSR count). The summed E-state index contributed by atoms with van der Waals surface area (Å²) in [5.41, 5.74) is 3.21. The molecule has 0 amide bonds. The summed E-state index contributed by atoms with van der Waals surface area (Å²) in [7, 11) is 3.25. The smallest absolute Gasteiger partial charge is 0.161 e. The van der Waals surface area contributed by atoms with Crippen LogP contribution in [0, 0.1) is 0 Å². The van der Waals surface area contributed by atoms with Gasteiger partial charge in [0.1, 0.15) is 0 Å². The van der Waals surface area contributed by atoms with E-state index in [4.69, 9.17) is 14.7 Å². The lowest BCUT2D eigenvalue weighted by atomic mass is 9.90. The maximum atomic E-state index is 8.78. The van der Waals surface area contributed by atoms with Gasteiger partial charge in [-0.15, -0.1) is 0 Å². The van der Waals surface area contributed by atoms with Crippen molar-refractivity contribution >= 4 is 5.71 Å². The second kappa shape index (κ2) is 4.43. The number of methoxy groups -OCH3 is 2. The summed E-state index contributed by atoms with van der Waals surface area (Å²) in [4.78, 5) is 0. The maximum absolute atomic E-state index is 8.78. The predicted molar refractivity (Wildman–Crippen MR) is 60.8 cm³/mol. The van der Waals surface area contributed by atoms with Gasteiger partial charge >= 0.3 is 0 Å². The number of aryl methyl sites for hydroxylation is 1. The van der Waals surface area contributed by atoms with Crippen LogP contribution in [-0.2, 0) is 12.8 Å². The van der Waals surface area contributed by atoms with E-state index in [0.717, 1.165) is 35.6 Å². The van der Waals surface area contributed by atoms with E-state index >= 15 is 0 Å². The highest BCUT2D eigenvalue weighted by molar-refractivity contribution is 5.88. The minimum absolute atomic E-state index is 0.687. The van der Waals surface area contributed by atoms with E-state index in [9.17, 15) is 0 Å². The van der Waals surface area contributed by atoms with E-state index in [1.807, 2.05) is 12.1 Å². The summed E-state index contributed by atoms with van der Waals surface area (Å²) in [5.74, 6) is 1.48. The van der Waals surface area contributed by atoms with E-state index < -0.39 is 0 Å². The molecule has 16 heavy (non-hydrogen) atoms. The number of oxime groups is 1. The van der Waals surface area contributed by atoms with Crippen LogP contribution in [0.2, 0.25) is 0 Å². The van der Waals surface area contributed by atoms with Crippen molar-refractivity contribution < 1.29 is 14.7 Å². The Bertz CT molecular complexity index is 427. The quantitative estimate of drug-likeness (QED) is 0.614. The fourth-order valence-electron chi connectivity index (χ4n) is 2.03. The average molecular weight is 221 g/mol. The Balaban J connectivity index is 2.41. The van der Waals surface area contributed by atoms with Crippen molar-refractivity contribution in [3.63, 3.8) is 0 Å². The summed E-state index contributed by atoms with van der Waals surface area (Å²) >= 11 is 0. The molecule has 0 fully saturated rings. The van der Waals surface area contributed by atoms with Crippen LogP contribution < -0.4 is 9.47 Å². The highest BCUT2D eigenvalue weighted by atomic mass is 16.5. The van der Waals surface area contributed by atoms with Crippen molar-refractivity contribution in [1.29, 1.82) is 0 Å². The van der Waals surface area contributed by atoms with Gasteiger partial charge < -0.3 is 14.7 Å². The molecule has 1 aliphatic rings. The van der Waals surface area contributed by atoms with E-state index in [1.165, 1.54) is 5.56 Å². The molecule has 4 heteroatoms. The summed E-state index contributed by atoms with van der Waals surface area (Å²) in [6, 6.07) is 3.96. The first-order valence-electron chi connectivity index (χ1n) is 5.22. The third-order valence-corrected chi connectivity index (χ3v) is 2.92. The van der Waals surface area contributed by atoms with Crippen LogP contribution in [0.4, 0.5) is 0 Å². The molecule has 0 spiro atoms. The van der Waals surface area contributed by atoms with Crippen LogP contribution in [-0.4, -0.2) is 25.1 Å². The van der Waals surface area contributed by atoms with Crippen LogP contribution in [0.25, 0.3) is 0 Å². The molecule has 0 saturated heterocycles. The molecule has 0 aromatic heterocycles. The van der Waals surface area contributed by atoms with Crippen LogP contribution in [0.3, 0.4) is 0 Å². The molecule has 0 bridgehead atoms. The largest absolute Gasteiger partial charge is 0.493 e. The van der Waals surface area contributed by atoms with E-state index in [1.54, 1.807) is 14.2 Å². The number of ether oxygens (including phenoxy) is 2. The number of fused-ring (bicyclic) bond motifs is 1. The molecule has 0 unspecified atom stereocenters. The summed E-state index contributed by atoms with van der Waals surface area (Å²) < 4.78 is 10.5. The Morgan fingerprint density at radius 2 is 1.69 bits per heavy atom. The van der Waals surface area contributed by atoms with Gasteiger partial charge in [-0.1, -0.05) is 5.16 Å². The molecule has 1 aromatic rings. The number of hydrogen-bond donors (Lipinski definition) is 1. The lowest BCUT2D eigenvalue weighted by Gasteiger charge is -2.19. The van der Waals surface area contributed by atoms with E-state index in [2.05, 4.69) is 5.16 Å². The fraction of sp³-hybridized carbons (Fsp3) is 0.417. The zero-order valence-corrected chi connectivity index (χ0v) is 9.49. The SMILES string of the molecule is COc1cc2c(cc1OC)C/C(=N\O)CC2. The Kier molecular flexibility index (Phi) is 2.99. The molecule has 0 aliphatic heterocycles. The van der Waals surface area contributed by atoms with E-state index in [0.29, 0.717) is 6.42 Å². The molecule has 0 heterocycles. The zero-order valence-electron chi connectivity index (χ0n) is 9.49. The standard InChI is InChI=1S/C12H15NO3/c1-15-11-6-8-3-4-10(13-14)5-9(8)7-12(11)16-2/h6-7,14H,3-5H2,1-2H3/b13-10-. The Hall–Kier alpha value is -1.71. The average Bonchev–Trinajstić information content (AvgIpc) is 2.36. The first-order chi connectivity index (χ1) is 7.78. The van der Waals surface area contributed by atoms with E-state index in [-0.39, 0.29) is 0 Å². The fourth-order valence-corrected chi connectivity index (χ4v) is 2.03. The zero-order chi connectivity index (χ0) is 11.5. The van der Waals surface area contributed by atoms with Crippen LogP contribution in [0.5, 0.6) is 11.5 Å². The first kappa shape index (κ1) is 10.8. The molecule has 1 N–H and O–H groups in total. The monoisotopic (exact) mass is 221 g/mol. The summed E-state index contributed by atoms with van der Waals surface area (Å²) in [5, 5.41) is 12.1. The lowest BCUT2D eigenvalue weighted by Crippen LogP contribution is -2.14. The van der Waals surface area contributed by atoms with Crippen molar-refractivity contribution in [2.45, 2.75) is 19.3 Å². The highest BCUT2D eigenvalue weighted by Crippen LogP contribution is 2.33. The minimum atomic E-state index is 0.687. The molecule has 4 nitrogen and oxygen atoms in total. The van der Waals surface area contributed by atoms with Crippen molar-refractivity contribution in [1.82, 2.24) is 0 Å². The molecule has 1 aliphatic carbocycles. The Morgan fingerprint density at radius 3 is 2.25 bits per heavy atom. The van der Waals surface area contributed by atoms with Crippen LogP contribution in [0.15, 0.2) is 17.3 Å². The number of hydrogen-bond acceptors (Lipinski definition) is 4. The van der Waals surface area contributed by atoms with Gasteiger partial charge in [-0.25, -0.2) is 0 Å². The van der Waals surface area contributed by atoms with Crippen molar-refractivity contribution in [3.8, 4) is 11.5 Å². The molecular weight excluding hydrogens is 206 g/mol. The van der Waals surface area contributed by atoms with Crippen molar-refractivity contribution in [2.24, 2.45) is 5.16 Å². The first-order valence-corrected chi connectivity index (χ1v) is 5.22. The van der Waals surface area contributed by atoms with Gasteiger partial charge in [-0.05, 0) is 36.1 Å². The van der Waals surface area contributed by atoms with Gasteiger partial charge in [-0.3, -0.25) is 0 Å². The highest BCUT2D eigenvalue weighted by Gasteiger charge is 2.18. The molecule has 0 radical (unpaired) electrons. The molecule has 0 saturated carbocycles. The topological polar surface area (TPSA) is 51.0 Å². The lowest BCUT2D eigenvalue weighted by molar-refractivity contribution is 0.316. The summed E-state index contributed by atoms with van der Waals surface area (Å²) in [6.45, 7) is 0. The van der Waals surface area contributed by atoms with Crippen LogP contribution >= 0.6 is 0 Å². The van der Waals surface area contributed by atoms with Gasteiger partial charge in [0.15, 0.2) is 11.5 Å². The summed E-state index contributed by atoms with van der Waals surface area (Å²) in [6.07, 6.45) is 2.38. The van der Waals surface area contributed by atoms with Gasteiger partial charge in [0.2, 0.25) is 0 Å². The van der Waals surface area contributed by atoms with Gasteiger partial charge in [-0.2, -0.15) is 0 Å². The van der Waals surface area contributed by atoms with Crippen LogP contribution in [0.1, 0.15) is 17.5 Å². The third kappa shape index (κ3) is 1.83. The predicted octanol–water partition coefficient (Wildman–Crippen LogP) is 2.02. The van der Waals surface area contributed by atoms with Gasteiger partial charge in [0.25, 0.3) is 0 Å². The number of nitrogens with zero attached hydrogens (tertiary/aromatic N) is 1. The number of benzene rings is 1. The van der Waals surface area contributed by atoms with Gasteiger partial charge in [0.05, 0.1) is 19.9 Å². The molecular formula is C12H15NO3. The van der Waals surface area contributed by atoms with Crippen molar-refractivity contribution in [2.75, 3.05) is 14.2 Å². The van der Waals surface area contributed by atoms with Gasteiger partial charge in [0, 0.05) is 6.42 Å². The molecule has 86 valence electrons. The Labute approximate surface area is 94.5 Å². The number of rotatable bonds is 2. The maximum Gasteiger partial charge on any atom is 0.161 e. The third-order valence-electron chi connectivity index (χ3n) is 2.92. The second-order valence-corrected chi connectivity index (χ2v) is 3.82. The second-order valence-electron chi connectivity index (χ2n) is 3.82. The van der Waals surface area contributed by atoms with Crippen molar-refractivity contribution in [3.05, 3.63) is 23.3 Å².